The van der Waals surface area contributed by atoms with Crippen molar-refractivity contribution in [2.75, 3.05) is 36.6 Å². The summed E-state index contributed by atoms with van der Waals surface area (Å²) in [5, 5.41) is 2.71. The minimum absolute atomic E-state index is 0.0319. The second kappa shape index (κ2) is 8.34. The molecule has 2 aromatic carbocycles. The van der Waals surface area contributed by atoms with Gasteiger partial charge in [-0.3, -0.25) is 9.59 Å². The summed E-state index contributed by atoms with van der Waals surface area (Å²) in [4.78, 5) is 27.3. The van der Waals surface area contributed by atoms with Crippen LogP contribution in [0.2, 0.25) is 0 Å². The smallest absolute Gasteiger partial charge is 0.242 e. The van der Waals surface area contributed by atoms with Gasteiger partial charge in [-0.25, -0.2) is 12.7 Å². The SMILES string of the molecule is CN(C)S(=O)(=O)c1cccc(NC(=O)CCN2C(=O)CSc3ccccc32)c1. The summed E-state index contributed by atoms with van der Waals surface area (Å²) in [6.45, 7) is 0.262. The quantitative estimate of drug-likeness (QED) is 0.777. The number of para-hydroxylation sites is 1. The van der Waals surface area contributed by atoms with Crippen molar-refractivity contribution in [1.29, 1.82) is 0 Å². The number of hydrogen-bond donors (Lipinski definition) is 1. The number of benzene rings is 2. The Morgan fingerprint density at radius 3 is 2.68 bits per heavy atom. The van der Waals surface area contributed by atoms with Crippen molar-refractivity contribution in [3.8, 4) is 0 Å². The zero-order valence-corrected chi connectivity index (χ0v) is 17.2. The predicted octanol–water partition coefficient (Wildman–Crippen LogP) is 2.40. The van der Waals surface area contributed by atoms with Gasteiger partial charge in [0, 0.05) is 37.6 Å². The first-order valence-corrected chi connectivity index (χ1v) is 11.1. The molecule has 0 saturated heterocycles. The van der Waals surface area contributed by atoms with Crippen LogP contribution in [-0.4, -0.2) is 50.9 Å². The number of carbonyl (C=O) groups is 2. The van der Waals surface area contributed by atoms with E-state index >= 15 is 0 Å². The summed E-state index contributed by atoms with van der Waals surface area (Å²) >= 11 is 1.49. The first-order valence-electron chi connectivity index (χ1n) is 8.63. The molecule has 2 aromatic rings. The number of nitrogens with one attached hydrogen (secondary N) is 1. The van der Waals surface area contributed by atoms with E-state index in [1.807, 2.05) is 24.3 Å². The van der Waals surface area contributed by atoms with Crippen molar-refractivity contribution in [1.82, 2.24) is 4.31 Å². The summed E-state index contributed by atoms with van der Waals surface area (Å²) < 4.78 is 25.6. The molecular weight excluding hydrogens is 398 g/mol. The van der Waals surface area contributed by atoms with Crippen LogP contribution in [0.4, 0.5) is 11.4 Å². The highest BCUT2D eigenvalue weighted by atomic mass is 32.2. The molecule has 0 aromatic heterocycles. The van der Waals surface area contributed by atoms with Crippen LogP contribution in [0, 0.1) is 0 Å². The highest BCUT2D eigenvalue weighted by Crippen LogP contribution is 2.34. The summed E-state index contributed by atoms with van der Waals surface area (Å²) in [5.74, 6) is 0.0294. The van der Waals surface area contributed by atoms with Crippen molar-refractivity contribution in [3.63, 3.8) is 0 Å². The molecule has 1 aliphatic rings. The number of fused-ring (bicyclic) bond motifs is 1. The van der Waals surface area contributed by atoms with E-state index in [1.165, 1.54) is 38.0 Å². The van der Waals surface area contributed by atoms with Crippen LogP contribution in [0.15, 0.2) is 58.3 Å². The first-order chi connectivity index (χ1) is 13.3. The van der Waals surface area contributed by atoms with Gasteiger partial charge in [-0.1, -0.05) is 18.2 Å². The van der Waals surface area contributed by atoms with Crippen LogP contribution in [0.25, 0.3) is 0 Å². The van der Waals surface area contributed by atoms with Gasteiger partial charge in [0.15, 0.2) is 0 Å². The van der Waals surface area contributed by atoms with Crippen LogP contribution in [-0.2, 0) is 19.6 Å². The third-order valence-electron chi connectivity index (χ3n) is 4.27. The van der Waals surface area contributed by atoms with Crippen molar-refractivity contribution in [2.45, 2.75) is 16.2 Å². The molecule has 1 heterocycles. The second-order valence-electron chi connectivity index (χ2n) is 6.42. The fraction of sp³-hybridized carbons (Fsp3) is 0.263. The molecule has 28 heavy (non-hydrogen) atoms. The molecule has 0 atom stereocenters. The van der Waals surface area contributed by atoms with Gasteiger partial charge in [0.25, 0.3) is 0 Å². The minimum Gasteiger partial charge on any atom is -0.326 e. The van der Waals surface area contributed by atoms with Gasteiger partial charge < -0.3 is 10.2 Å². The van der Waals surface area contributed by atoms with E-state index in [0.29, 0.717) is 11.4 Å². The summed E-state index contributed by atoms with van der Waals surface area (Å²) in [7, 11) is -0.677. The summed E-state index contributed by atoms with van der Waals surface area (Å²) in [6.07, 6.45) is 0.107. The molecule has 0 radical (unpaired) electrons. The van der Waals surface area contributed by atoms with E-state index in [2.05, 4.69) is 5.32 Å². The molecule has 2 amide bonds. The standard InChI is InChI=1S/C19H21N3O4S2/c1-21(2)28(25,26)15-7-5-6-14(12-15)20-18(23)10-11-22-16-8-3-4-9-17(16)27-13-19(22)24/h3-9,12H,10-11,13H2,1-2H3,(H,20,23). The number of anilines is 2. The Morgan fingerprint density at radius 2 is 1.93 bits per heavy atom. The molecule has 148 valence electrons. The van der Waals surface area contributed by atoms with E-state index in [-0.39, 0.29) is 29.7 Å². The Kier molecular flexibility index (Phi) is 6.07. The van der Waals surface area contributed by atoms with Gasteiger partial charge in [0.1, 0.15) is 0 Å². The second-order valence-corrected chi connectivity index (χ2v) is 9.58. The molecule has 0 aliphatic carbocycles. The van der Waals surface area contributed by atoms with Crippen LogP contribution in [0.5, 0.6) is 0 Å². The van der Waals surface area contributed by atoms with Crippen molar-refractivity contribution in [3.05, 3.63) is 48.5 Å². The maximum absolute atomic E-state index is 12.4. The molecule has 9 heteroatoms. The van der Waals surface area contributed by atoms with E-state index in [1.54, 1.807) is 17.0 Å². The molecule has 3 rings (SSSR count). The van der Waals surface area contributed by atoms with Crippen molar-refractivity contribution >= 4 is 45.0 Å². The predicted molar refractivity (Wildman–Crippen MR) is 110 cm³/mol. The number of thioether (sulfide) groups is 1. The Bertz CT molecular complexity index is 1010. The highest BCUT2D eigenvalue weighted by Gasteiger charge is 2.24. The number of carbonyl (C=O) groups excluding carboxylic acids is 2. The average molecular weight is 420 g/mol. The van der Waals surface area contributed by atoms with E-state index in [4.69, 9.17) is 0 Å². The molecule has 7 nitrogen and oxygen atoms in total. The van der Waals surface area contributed by atoms with Gasteiger partial charge >= 0.3 is 0 Å². The van der Waals surface area contributed by atoms with Gasteiger partial charge in [-0.15, -0.1) is 11.8 Å². The van der Waals surface area contributed by atoms with Crippen molar-refractivity contribution in [2.24, 2.45) is 0 Å². The molecule has 0 spiro atoms. The maximum Gasteiger partial charge on any atom is 0.242 e. The van der Waals surface area contributed by atoms with Crippen LogP contribution >= 0.6 is 11.8 Å². The number of nitrogens with zero attached hydrogens (tertiary/aromatic N) is 2. The average Bonchev–Trinajstić information content (AvgIpc) is 2.67. The fourth-order valence-corrected chi connectivity index (χ4v) is 4.66. The summed E-state index contributed by atoms with van der Waals surface area (Å²) in [6, 6.07) is 13.7. The van der Waals surface area contributed by atoms with Gasteiger partial charge in [-0.2, -0.15) is 0 Å². The fourth-order valence-electron chi connectivity index (χ4n) is 2.78. The van der Waals surface area contributed by atoms with Crippen LogP contribution in [0.3, 0.4) is 0 Å². The Labute approximate surface area is 168 Å². The molecule has 1 N–H and O–H groups in total. The van der Waals surface area contributed by atoms with Crippen molar-refractivity contribution < 1.29 is 18.0 Å². The third kappa shape index (κ3) is 4.37. The highest BCUT2D eigenvalue weighted by molar-refractivity contribution is 8.00. The lowest BCUT2D eigenvalue weighted by molar-refractivity contribution is -0.117. The molecule has 0 fully saturated rings. The Balaban J connectivity index is 1.67. The largest absolute Gasteiger partial charge is 0.326 e. The number of rotatable bonds is 6. The molecular formula is C19H21N3O4S2. The Morgan fingerprint density at radius 1 is 1.18 bits per heavy atom. The first kappa shape index (κ1) is 20.4. The van der Waals surface area contributed by atoms with Gasteiger partial charge in [0.05, 0.1) is 16.3 Å². The monoisotopic (exact) mass is 419 g/mol. The number of sulfonamides is 1. The lowest BCUT2D eigenvalue weighted by Crippen LogP contribution is -2.37. The molecule has 0 unspecified atom stereocenters. The molecule has 0 saturated carbocycles. The zero-order chi connectivity index (χ0) is 20.3. The molecule has 1 aliphatic heterocycles. The van der Waals surface area contributed by atoms with Crippen LogP contribution < -0.4 is 10.2 Å². The summed E-state index contributed by atoms with van der Waals surface area (Å²) in [5.41, 5.74) is 1.21. The zero-order valence-electron chi connectivity index (χ0n) is 15.6. The Hall–Kier alpha value is -2.36. The lowest BCUT2D eigenvalue weighted by Gasteiger charge is -2.28. The normalized spacial score (nSPS) is 14.1. The lowest BCUT2D eigenvalue weighted by atomic mass is 10.2. The topological polar surface area (TPSA) is 86.8 Å². The van der Waals surface area contributed by atoms with E-state index < -0.39 is 10.0 Å². The number of hydrogen-bond acceptors (Lipinski definition) is 5. The van der Waals surface area contributed by atoms with E-state index in [0.717, 1.165) is 14.9 Å². The number of amides is 2. The van der Waals surface area contributed by atoms with E-state index in [9.17, 15) is 18.0 Å². The third-order valence-corrected chi connectivity index (χ3v) is 7.13. The molecule has 0 bridgehead atoms. The minimum atomic E-state index is -3.58. The maximum atomic E-state index is 12.4. The van der Waals surface area contributed by atoms with Gasteiger partial charge in [-0.05, 0) is 30.3 Å². The van der Waals surface area contributed by atoms with Crippen LogP contribution in [0.1, 0.15) is 6.42 Å². The van der Waals surface area contributed by atoms with Gasteiger partial charge in [0.2, 0.25) is 21.8 Å².